The van der Waals surface area contributed by atoms with Gasteiger partial charge in [0.2, 0.25) is 5.91 Å². The first-order valence-electron chi connectivity index (χ1n) is 33.4. The van der Waals surface area contributed by atoms with Gasteiger partial charge in [-0.05, 0) is 209 Å². The third-order valence-electron chi connectivity index (χ3n) is 18.1. The van der Waals surface area contributed by atoms with Gasteiger partial charge in [0.15, 0.2) is 0 Å². The summed E-state index contributed by atoms with van der Waals surface area (Å²) >= 11 is 0. The van der Waals surface area contributed by atoms with Crippen LogP contribution >= 0.6 is 0 Å². The van der Waals surface area contributed by atoms with E-state index in [9.17, 15) is 19.5 Å². The van der Waals surface area contributed by atoms with E-state index in [0.717, 1.165) is 75.2 Å². The number of rotatable bonds is 13. The molecule has 4 fully saturated rings. The summed E-state index contributed by atoms with van der Waals surface area (Å²) in [6, 6.07) is 42.5. The maximum atomic E-state index is 12.2. The molecule has 0 unspecified atom stereocenters. The number of benzene rings is 5. The van der Waals surface area contributed by atoms with E-state index in [1.54, 1.807) is 0 Å². The quantitative estimate of drug-likeness (QED) is 0.107. The summed E-state index contributed by atoms with van der Waals surface area (Å²) in [5.74, 6) is 3.78. The Balaban J connectivity index is 0.000000176. The number of hydrogen-bond donors (Lipinski definition) is 3. The Kier molecular flexibility index (Phi) is 29.4. The van der Waals surface area contributed by atoms with Crippen LogP contribution in [0.5, 0.6) is 0 Å². The highest BCUT2D eigenvalue weighted by Gasteiger charge is 2.23. The molecule has 0 spiro atoms. The molecule has 5 aliphatic heterocycles. The number of likely N-dealkylation sites (tertiary alicyclic amines) is 3. The molecule has 0 aliphatic carbocycles. The molecule has 0 bridgehead atoms. The largest absolute Gasteiger partial charge is 0.393 e. The van der Waals surface area contributed by atoms with Crippen LogP contribution in [-0.2, 0) is 4.79 Å². The summed E-state index contributed by atoms with van der Waals surface area (Å²) in [5, 5.41) is 15.4. The smallest absolute Gasteiger partial charge is 0.321 e. The molecule has 3 N–H and O–H groups in total. The van der Waals surface area contributed by atoms with Crippen molar-refractivity contribution in [3.63, 3.8) is 0 Å². The van der Waals surface area contributed by atoms with Gasteiger partial charge >= 0.3 is 6.03 Å². The molecule has 0 saturated carbocycles. The monoisotopic (exact) mass is 1200 g/mol. The Bertz CT molecular complexity index is 2840. The molecule has 5 heterocycles. The minimum Gasteiger partial charge on any atom is -0.393 e. The van der Waals surface area contributed by atoms with E-state index in [4.69, 9.17) is 0 Å². The summed E-state index contributed by atoms with van der Waals surface area (Å²) < 4.78 is 0. The zero-order valence-corrected chi connectivity index (χ0v) is 56.4. The van der Waals surface area contributed by atoms with Crippen LogP contribution in [-0.4, -0.2) is 165 Å². The first-order chi connectivity index (χ1) is 42.1. The minimum absolute atomic E-state index is 0.00500. The second-order valence-corrected chi connectivity index (χ2v) is 26.8. The van der Waals surface area contributed by atoms with Crippen LogP contribution < -0.4 is 10.6 Å². The highest BCUT2D eigenvalue weighted by atomic mass is 16.3. The predicted octanol–water partition coefficient (Wildman–Crippen LogP) is 15.4. The summed E-state index contributed by atoms with van der Waals surface area (Å²) in [6.45, 7) is 34.7. The molecule has 480 valence electrons. The number of piperazine rings is 1. The lowest BCUT2D eigenvalue weighted by Gasteiger charge is -2.32. The zero-order chi connectivity index (χ0) is 63.7. The number of hydrogen-bond acceptors (Lipinski definition) is 8. The molecule has 12 nitrogen and oxygen atoms in total. The van der Waals surface area contributed by atoms with Crippen molar-refractivity contribution in [1.82, 2.24) is 29.4 Å². The Morgan fingerprint density at radius 1 is 0.466 bits per heavy atom. The van der Waals surface area contributed by atoms with Gasteiger partial charge in [-0.15, -0.1) is 0 Å². The SMILES string of the molecule is CC(C)c1ccc(C(=O)N2CCC(O)CC2)cc1.CC(C)c1ccc(C2=CCN(C)CC2)cc1.CC(C)c1ccc(C2CCN(C)CC2)cc1.CC(C)c1ccc(NC(=O)CCN2CCCC2)cc1.CC(C)c1ccc(NC(=O)N2CCN(C)CC2)cc1. The van der Waals surface area contributed by atoms with Crippen molar-refractivity contribution in [3.8, 4) is 0 Å². The van der Waals surface area contributed by atoms with Crippen molar-refractivity contribution in [2.45, 2.75) is 162 Å². The molecule has 0 aromatic heterocycles. The number of likely N-dealkylation sites (N-methyl/N-ethyl adjacent to an activating group) is 2. The van der Waals surface area contributed by atoms with E-state index < -0.39 is 0 Å². The number of aliphatic hydroxyl groups excluding tert-OH is 1. The maximum absolute atomic E-state index is 12.2. The fourth-order valence-electron chi connectivity index (χ4n) is 11.5. The van der Waals surface area contributed by atoms with Crippen molar-refractivity contribution in [3.05, 3.63) is 172 Å². The minimum atomic E-state index is -0.239. The number of urea groups is 1. The summed E-state index contributed by atoms with van der Waals surface area (Å²) in [5.41, 5.74) is 13.7. The number of anilines is 2. The summed E-state index contributed by atoms with van der Waals surface area (Å²) in [6.07, 6.45) is 10.5. The molecule has 4 amide bonds. The van der Waals surface area contributed by atoms with Gasteiger partial charge in [-0.2, -0.15) is 0 Å². The van der Waals surface area contributed by atoms with Crippen LogP contribution in [0.1, 0.15) is 205 Å². The van der Waals surface area contributed by atoms with Crippen LogP contribution in [0.2, 0.25) is 0 Å². The lowest BCUT2D eigenvalue weighted by molar-refractivity contribution is -0.116. The van der Waals surface area contributed by atoms with E-state index in [2.05, 4.69) is 199 Å². The van der Waals surface area contributed by atoms with E-state index in [0.29, 0.717) is 61.9 Å². The van der Waals surface area contributed by atoms with Crippen molar-refractivity contribution in [1.29, 1.82) is 0 Å². The van der Waals surface area contributed by atoms with Gasteiger partial charge in [0.25, 0.3) is 5.91 Å². The van der Waals surface area contributed by atoms with Gasteiger partial charge in [-0.1, -0.05) is 160 Å². The molecule has 0 radical (unpaired) electrons. The number of carbonyl (C=O) groups excluding carboxylic acids is 3. The normalized spacial score (nSPS) is 17.3. The Morgan fingerprint density at radius 2 is 0.898 bits per heavy atom. The third kappa shape index (κ3) is 24.0. The van der Waals surface area contributed by atoms with Gasteiger partial charge in [0.05, 0.1) is 6.10 Å². The van der Waals surface area contributed by atoms with E-state index in [-0.39, 0.29) is 23.9 Å². The first-order valence-corrected chi connectivity index (χ1v) is 33.4. The molecular formula is C76H112N8O4. The number of nitrogens with zero attached hydrogens (tertiary/aromatic N) is 6. The Labute approximate surface area is 532 Å². The van der Waals surface area contributed by atoms with Gasteiger partial charge in [0.1, 0.15) is 0 Å². The number of nitrogens with one attached hydrogen (secondary N) is 2. The molecule has 88 heavy (non-hydrogen) atoms. The first kappa shape index (κ1) is 70.9. The highest BCUT2D eigenvalue weighted by molar-refractivity contribution is 5.94. The average Bonchev–Trinajstić information content (AvgIpc) is 3.82. The van der Waals surface area contributed by atoms with Gasteiger partial charge in [-0.3, -0.25) is 9.59 Å². The molecule has 5 aliphatic rings. The van der Waals surface area contributed by atoms with Gasteiger partial charge < -0.3 is 45.1 Å². The standard InChI is InChI=1S/C16H24N2O.C15H23N3O.C15H21NO2.C15H23N.C15H21N/c1-13(2)14-5-7-15(8-6-14)17-16(19)9-12-18-10-3-4-11-18;1-12(2)13-4-6-14(7-5-13)16-15(19)18-10-8-17(3)9-11-18;1-11(2)12-3-5-13(6-4-12)15(18)16-9-7-14(17)8-10-16;2*1-12(2)13-4-6-14(7-5-13)15-8-10-16(3)11-9-15/h5-8,13H,3-4,9-12H2,1-2H3,(H,17,19);4-7,12H,8-11H2,1-3H3,(H,16,19);3-6,11,14,17H,7-10H2,1-2H3;4-7,12,15H,8-11H2,1-3H3;4-8,12H,9-11H2,1-3H3. The Hall–Kier alpha value is -6.15. The molecule has 5 aromatic rings. The number of carbonyl (C=O) groups is 3. The third-order valence-corrected chi connectivity index (χ3v) is 18.1. The van der Waals surface area contributed by atoms with E-state index in [1.807, 2.05) is 58.3 Å². The van der Waals surface area contributed by atoms with Crippen LogP contribution in [0, 0.1) is 0 Å². The van der Waals surface area contributed by atoms with Crippen molar-refractivity contribution >= 4 is 34.8 Å². The molecular weight excluding hydrogens is 1090 g/mol. The topological polar surface area (TPSA) is 115 Å². The van der Waals surface area contributed by atoms with Gasteiger partial charge in [-0.25, -0.2) is 4.79 Å². The van der Waals surface area contributed by atoms with E-state index in [1.165, 1.54) is 96.3 Å². The lowest BCUT2D eigenvalue weighted by Crippen LogP contribution is -2.48. The molecule has 5 aromatic carbocycles. The van der Waals surface area contributed by atoms with Crippen LogP contribution in [0.15, 0.2) is 127 Å². The average molecular weight is 1200 g/mol. The van der Waals surface area contributed by atoms with Crippen molar-refractivity contribution in [2.24, 2.45) is 0 Å². The fourth-order valence-corrected chi connectivity index (χ4v) is 11.5. The fraction of sp³-hybridized carbons (Fsp3) is 0.539. The van der Waals surface area contributed by atoms with Crippen molar-refractivity contribution in [2.75, 3.05) is 117 Å². The molecule has 10 rings (SSSR count). The second-order valence-electron chi connectivity index (χ2n) is 26.8. The number of amides is 4. The van der Waals surface area contributed by atoms with Crippen molar-refractivity contribution < 1.29 is 19.5 Å². The highest BCUT2D eigenvalue weighted by Crippen LogP contribution is 2.29. The molecule has 12 heteroatoms. The van der Waals surface area contributed by atoms with E-state index >= 15 is 0 Å². The second kappa shape index (κ2) is 36.5. The Morgan fingerprint density at radius 3 is 1.35 bits per heavy atom. The number of aliphatic hydroxyl groups is 1. The lowest BCUT2D eigenvalue weighted by atomic mass is 9.88. The van der Waals surface area contributed by atoms with Crippen LogP contribution in [0.3, 0.4) is 0 Å². The van der Waals surface area contributed by atoms with Crippen LogP contribution in [0.25, 0.3) is 5.57 Å². The predicted molar refractivity (Wildman–Crippen MR) is 370 cm³/mol. The number of piperidine rings is 2. The van der Waals surface area contributed by atoms with Crippen LogP contribution in [0.4, 0.5) is 16.2 Å². The summed E-state index contributed by atoms with van der Waals surface area (Å²) in [4.78, 5) is 49.3. The maximum Gasteiger partial charge on any atom is 0.321 e. The zero-order valence-electron chi connectivity index (χ0n) is 56.4. The summed E-state index contributed by atoms with van der Waals surface area (Å²) in [7, 11) is 6.48. The van der Waals surface area contributed by atoms with Gasteiger partial charge in [0, 0.05) is 82.3 Å². The molecule has 4 saturated heterocycles. The molecule has 0 atom stereocenters.